The molecule has 0 radical (unpaired) electrons. The summed E-state index contributed by atoms with van der Waals surface area (Å²) in [7, 11) is 0. The highest BCUT2D eigenvalue weighted by Gasteiger charge is 2.07. The fourth-order valence-corrected chi connectivity index (χ4v) is 2.54. The number of halogens is 3. The van der Waals surface area contributed by atoms with Crippen LogP contribution in [0.1, 0.15) is 15.6 Å². The SMILES string of the molecule is Fc1ccc(Cc2nnc(CCCl)s2)cc1F. The van der Waals surface area contributed by atoms with Gasteiger partial charge in [0.15, 0.2) is 11.6 Å². The Kier molecular flexibility index (Phi) is 4.02. The van der Waals surface area contributed by atoms with Crippen molar-refractivity contribution in [2.75, 3.05) is 5.88 Å². The first-order chi connectivity index (χ1) is 8.19. The standard InChI is InChI=1S/C11H9ClF2N2S/c12-4-3-10-15-16-11(17-10)6-7-1-2-8(13)9(14)5-7/h1-2,5H,3-4,6H2. The quantitative estimate of drug-likeness (QED) is 0.800. The van der Waals surface area contributed by atoms with Gasteiger partial charge in [-0.2, -0.15) is 0 Å². The molecular formula is C11H9ClF2N2S. The molecule has 6 heteroatoms. The van der Waals surface area contributed by atoms with E-state index in [0.29, 0.717) is 24.3 Å². The van der Waals surface area contributed by atoms with Crippen molar-refractivity contribution in [1.29, 1.82) is 0 Å². The van der Waals surface area contributed by atoms with Crippen LogP contribution >= 0.6 is 22.9 Å². The molecule has 1 aromatic heterocycles. The summed E-state index contributed by atoms with van der Waals surface area (Å²) < 4.78 is 25.7. The number of alkyl halides is 1. The molecule has 0 spiro atoms. The molecule has 1 aromatic carbocycles. The molecule has 0 aliphatic carbocycles. The zero-order chi connectivity index (χ0) is 12.3. The minimum absolute atomic E-state index is 0.456. The van der Waals surface area contributed by atoms with E-state index in [1.165, 1.54) is 17.4 Å². The van der Waals surface area contributed by atoms with Gasteiger partial charge in [0.2, 0.25) is 0 Å². The van der Waals surface area contributed by atoms with E-state index in [9.17, 15) is 8.78 Å². The molecule has 0 fully saturated rings. The van der Waals surface area contributed by atoms with Crippen LogP contribution in [0.5, 0.6) is 0 Å². The molecule has 0 aliphatic rings. The van der Waals surface area contributed by atoms with E-state index in [1.54, 1.807) is 6.07 Å². The van der Waals surface area contributed by atoms with Crippen molar-refractivity contribution in [3.8, 4) is 0 Å². The summed E-state index contributed by atoms with van der Waals surface area (Å²) in [5.41, 5.74) is 0.678. The molecule has 1 heterocycles. The van der Waals surface area contributed by atoms with Gasteiger partial charge in [0, 0.05) is 18.7 Å². The van der Waals surface area contributed by atoms with Crippen molar-refractivity contribution in [2.24, 2.45) is 0 Å². The number of nitrogens with zero attached hydrogens (tertiary/aromatic N) is 2. The molecule has 0 atom stereocenters. The summed E-state index contributed by atoms with van der Waals surface area (Å²) in [5, 5.41) is 9.57. The first-order valence-corrected chi connectivity index (χ1v) is 6.35. The number of rotatable bonds is 4. The van der Waals surface area contributed by atoms with E-state index in [2.05, 4.69) is 10.2 Å². The lowest BCUT2D eigenvalue weighted by atomic mass is 10.1. The Hall–Kier alpha value is -1.07. The fourth-order valence-electron chi connectivity index (χ4n) is 1.37. The Balaban J connectivity index is 2.11. The largest absolute Gasteiger partial charge is 0.204 e. The lowest BCUT2D eigenvalue weighted by molar-refractivity contribution is 0.507. The zero-order valence-corrected chi connectivity index (χ0v) is 10.4. The molecule has 2 nitrogen and oxygen atoms in total. The van der Waals surface area contributed by atoms with Crippen LogP contribution in [0.15, 0.2) is 18.2 Å². The maximum Gasteiger partial charge on any atom is 0.159 e. The monoisotopic (exact) mass is 274 g/mol. The van der Waals surface area contributed by atoms with Gasteiger partial charge in [-0.3, -0.25) is 0 Å². The normalized spacial score (nSPS) is 10.8. The Labute approximate surface area is 106 Å². The smallest absolute Gasteiger partial charge is 0.159 e. The van der Waals surface area contributed by atoms with Crippen molar-refractivity contribution in [2.45, 2.75) is 12.8 Å². The Morgan fingerprint density at radius 2 is 1.88 bits per heavy atom. The van der Waals surface area contributed by atoms with Crippen LogP contribution in [0.4, 0.5) is 8.78 Å². The Morgan fingerprint density at radius 1 is 1.12 bits per heavy atom. The molecule has 0 aliphatic heterocycles. The van der Waals surface area contributed by atoms with Crippen LogP contribution in [-0.4, -0.2) is 16.1 Å². The molecule has 0 saturated heterocycles. The molecule has 0 bridgehead atoms. The number of hydrogen-bond acceptors (Lipinski definition) is 3. The van der Waals surface area contributed by atoms with Crippen molar-refractivity contribution >= 4 is 22.9 Å². The van der Waals surface area contributed by atoms with Crippen LogP contribution in [-0.2, 0) is 12.8 Å². The van der Waals surface area contributed by atoms with Crippen LogP contribution in [0, 0.1) is 11.6 Å². The molecule has 2 aromatic rings. The van der Waals surface area contributed by atoms with Gasteiger partial charge in [-0.15, -0.1) is 33.1 Å². The highest BCUT2D eigenvalue weighted by atomic mass is 35.5. The molecule has 90 valence electrons. The van der Waals surface area contributed by atoms with Gasteiger partial charge in [-0.05, 0) is 17.7 Å². The van der Waals surface area contributed by atoms with E-state index < -0.39 is 11.6 Å². The zero-order valence-electron chi connectivity index (χ0n) is 8.79. The van der Waals surface area contributed by atoms with Crippen LogP contribution in [0.3, 0.4) is 0 Å². The van der Waals surface area contributed by atoms with E-state index in [4.69, 9.17) is 11.6 Å². The van der Waals surface area contributed by atoms with Crippen LogP contribution < -0.4 is 0 Å². The van der Waals surface area contributed by atoms with Crippen molar-refractivity contribution in [1.82, 2.24) is 10.2 Å². The number of benzene rings is 1. The van der Waals surface area contributed by atoms with Crippen molar-refractivity contribution in [3.05, 3.63) is 45.4 Å². The second-order valence-corrected chi connectivity index (χ2v) is 4.98. The molecule has 0 amide bonds. The lowest BCUT2D eigenvalue weighted by Gasteiger charge is -1.98. The molecule has 2 rings (SSSR count). The summed E-state index contributed by atoms with van der Waals surface area (Å²) in [4.78, 5) is 0. The minimum atomic E-state index is -0.840. The van der Waals surface area contributed by atoms with Gasteiger partial charge in [0.1, 0.15) is 10.0 Å². The third-order valence-corrected chi connectivity index (χ3v) is 3.33. The van der Waals surface area contributed by atoms with E-state index in [0.717, 1.165) is 16.1 Å². The van der Waals surface area contributed by atoms with Gasteiger partial charge >= 0.3 is 0 Å². The third kappa shape index (κ3) is 3.20. The first-order valence-electron chi connectivity index (χ1n) is 5.00. The maximum absolute atomic E-state index is 13.0. The first kappa shape index (κ1) is 12.4. The summed E-state index contributed by atoms with van der Waals surface area (Å²) in [6.07, 6.45) is 1.13. The predicted octanol–water partition coefficient (Wildman–Crippen LogP) is 3.19. The number of aryl methyl sites for hydroxylation is 1. The molecule has 0 saturated carbocycles. The van der Waals surface area contributed by atoms with Gasteiger partial charge in [-0.1, -0.05) is 6.07 Å². The molecule has 17 heavy (non-hydrogen) atoms. The minimum Gasteiger partial charge on any atom is -0.204 e. The fraction of sp³-hybridized carbons (Fsp3) is 0.273. The Bertz CT molecular complexity index is 516. The predicted molar refractivity (Wildman–Crippen MR) is 63.5 cm³/mol. The average molecular weight is 275 g/mol. The summed E-state index contributed by atoms with van der Waals surface area (Å²) in [5.74, 6) is -1.18. The maximum atomic E-state index is 13.0. The van der Waals surface area contributed by atoms with E-state index >= 15 is 0 Å². The van der Waals surface area contributed by atoms with Gasteiger partial charge < -0.3 is 0 Å². The third-order valence-electron chi connectivity index (χ3n) is 2.16. The van der Waals surface area contributed by atoms with E-state index in [-0.39, 0.29) is 0 Å². The highest BCUT2D eigenvalue weighted by Crippen LogP contribution is 2.17. The summed E-state index contributed by atoms with van der Waals surface area (Å²) in [6.45, 7) is 0. The molecule has 0 N–H and O–H groups in total. The van der Waals surface area contributed by atoms with Crippen molar-refractivity contribution < 1.29 is 8.78 Å². The van der Waals surface area contributed by atoms with Gasteiger partial charge in [0.05, 0.1) is 0 Å². The Morgan fingerprint density at radius 3 is 2.59 bits per heavy atom. The average Bonchev–Trinajstić information content (AvgIpc) is 2.72. The van der Waals surface area contributed by atoms with Crippen LogP contribution in [0.25, 0.3) is 0 Å². The summed E-state index contributed by atoms with van der Waals surface area (Å²) in [6, 6.07) is 3.84. The topological polar surface area (TPSA) is 25.8 Å². The number of hydrogen-bond donors (Lipinski definition) is 0. The van der Waals surface area contributed by atoms with Gasteiger partial charge in [0.25, 0.3) is 0 Å². The summed E-state index contributed by atoms with van der Waals surface area (Å²) >= 11 is 7.03. The van der Waals surface area contributed by atoms with Crippen molar-refractivity contribution in [3.63, 3.8) is 0 Å². The van der Waals surface area contributed by atoms with Crippen LogP contribution in [0.2, 0.25) is 0 Å². The van der Waals surface area contributed by atoms with Gasteiger partial charge in [-0.25, -0.2) is 8.78 Å². The molecule has 0 unspecified atom stereocenters. The number of aromatic nitrogens is 2. The lowest BCUT2D eigenvalue weighted by Crippen LogP contribution is -1.91. The molecular weight excluding hydrogens is 266 g/mol. The van der Waals surface area contributed by atoms with E-state index in [1.807, 2.05) is 0 Å². The highest BCUT2D eigenvalue weighted by molar-refractivity contribution is 7.11. The second kappa shape index (κ2) is 5.51. The second-order valence-electron chi connectivity index (χ2n) is 3.45.